The van der Waals surface area contributed by atoms with Crippen LogP contribution in [0.3, 0.4) is 0 Å². The molecular formula is C19H15ClN2O3S. The molecule has 1 heterocycles. The number of imide groups is 1. The van der Waals surface area contributed by atoms with E-state index in [0.29, 0.717) is 15.5 Å². The molecule has 0 bridgehead atoms. The Morgan fingerprint density at radius 3 is 2.62 bits per heavy atom. The van der Waals surface area contributed by atoms with Gasteiger partial charge in [-0.1, -0.05) is 48.0 Å². The van der Waals surface area contributed by atoms with E-state index in [1.54, 1.807) is 30.3 Å². The van der Waals surface area contributed by atoms with Crippen LogP contribution in [0.5, 0.6) is 0 Å². The zero-order valence-corrected chi connectivity index (χ0v) is 15.2. The topological polar surface area (TPSA) is 66.5 Å². The second-order valence-corrected chi connectivity index (χ2v) is 6.94. The third-order valence-electron chi connectivity index (χ3n) is 3.68. The van der Waals surface area contributed by atoms with Crippen LogP contribution in [0.4, 0.5) is 4.79 Å². The van der Waals surface area contributed by atoms with Crippen LogP contribution in [0.2, 0.25) is 5.02 Å². The predicted molar refractivity (Wildman–Crippen MR) is 103 cm³/mol. The van der Waals surface area contributed by atoms with Crippen molar-refractivity contribution in [3.05, 3.63) is 75.7 Å². The highest BCUT2D eigenvalue weighted by molar-refractivity contribution is 8.18. The van der Waals surface area contributed by atoms with Crippen molar-refractivity contribution in [2.45, 2.75) is 0 Å². The van der Waals surface area contributed by atoms with E-state index in [2.05, 4.69) is 5.32 Å². The second-order valence-electron chi connectivity index (χ2n) is 5.51. The molecule has 7 heteroatoms. The smallest absolute Gasteiger partial charge is 0.293 e. The van der Waals surface area contributed by atoms with Gasteiger partial charge < -0.3 is 5.32 Å². The average Bonchev–Trinajstić information content (AvgIpc) is 2.90. The van der Waals surface area contributed by atoms with E-state index in [1.807, 2.05) is 30.3 Å². The summed E-state index contributed by atoms with van der Waals surface area (Å²) in [5.41, 5.74) is 1.28. The van der Waals surface area contributed by atoms with Gasteiger partial charge in [0.25, 0.3) is 17.1 Å². The highest BCUT2D eigenvalue weighted by Crippen LogP contribution is 2.31. The minimum absolute atomic E-state index is 0.114. The molecule has 2 aromatic rings. The highest BCUT2D eigenvalue weighted by Gasteiger charge is 2.34. The van der Waals surface area contributed by atoms with Crippen LogP contribution >= 0.6 is 23.4 Å². The summed E-state index contributed by atoms with van der Waals surface area (Å²) in [5, 5.41) is 2.81. The first-order chi connectivity index (χ1) is 12.5. The first-order valence-electron chi connectivity index (χ1n) is 7.89. The molecule has 3 rings (SSSR count). The number of hydrogen-bond acceptors (Lipinski definition) is 4. The van der Waals surface area contributed by atoms with E-state index in [-0.39, 0.29) is 30.1 Å². The molecule has 132 valence electrons. The standard InChI is InChI=1S/C19H15ClN2O3S/c20-15-8-4-7-14(12-15)17(23)21-9-10-22-18(24)16(26-19(22)25)11-13-5-2-1-3-6-13/h1-8,11-12H,9-10H2,(H,21,23)/b16-11+. The summed E-state index contributed by atoms with van der Waals surface area (Å²) in [4.78, 5) is 38.0. The average molecular weight is 387 g/mol. The lowest BCUT2D eigenvalue weighted by Gasteiger charge is -2.13. The summed E-state index contributed by atoms with van der Waals surface area (Å²) < 4.78 is 0. The van der Waals surface area contributed by atoms with Gasteiger partial charge in [-0.2, -0.15) is 0 Å². The lowest BCUT2D eigenvalue weighted by atomic mass is 10.2. The molecule has 1 aliphatic rings. The molecule has 2 aromatic carbocycles. The fourth-order valence-electron chi connectivity index (χ4n) is 2.41. The van der Waals surface area contributed by atoms with Gasteiger partial charge in [0.1, 0.15) is 0 Å². The normalized spacial score (nSPS) is 15.6. The number of hydrogen-bond donors (Lipinski definition) is 1. The number of benzene rings is 2. The molecule has 0 aliphatic carbocycles. The van der Waals surface area contributed by atoms with Crippen LogP contribution in [-0.2, 0) is 4.79 Å². The van der Waals surface area contributed by atoms with Crippen molar-refractivity contribution in [1.82, 2.24) is 10.2 Å². The summed E-state index contributed by atoms with van der Waals surface area (Å²) >= 11 is 6.76. The number of thioether (sulfide) groups is 1. The van der Waals surface area contributed by atoms with Crippen LogP contribution in [0, 0.1) is 0 Å². The summed E-state index contributed by atoms with van der Waals surface area (Å²) in [5.74, 6) is -0.653. The Hall–Kier alpha value is -2.57. The maximum atomic E-state index is 12.4. The third kappa shape index (κ3) is 4.33. The fourth-order valence-corrected chi connectivity index (χ4v) is 3.46. The van der Waals surface area contributed by atoms with Crippen molar-refractivity contribution >= 4 is 46.5 Å². The summed E-state index contributed by atoms with van der Waals surface area (Å²) in [6.45, 7) is 0.283. The first kappa shape index (κ1) is 18.2. The molecule has 26 heavy (non-hydrogen) atoms. The van der Waals surface area contributed by atoms with E-state index in [9.17, 15) is 14.4 Å². The van der Waals surface area contributed by atoms with Crippen LogP contribution in [0.1, 0.15) is 15.9 Å². The van der Waals surface area contributed by atoms with Crippen molar-refractivity contribution in [2.75, 3.05) is 13.1 Å². The Morgan fingerprint density at radius 2 is 1.88 bits per heavy atom. The molecule has 1 fully saturated rings. The molecule has 0 spiro atoms. The molecule has 1 N–H and O–H groups in total. The van der Waals surface area contributed by atoms with Gasteiger partial charge in [-0.25, -0.2) is 0 Å². The second kappa shape index (κ2) is 8.21. The zero-order valence-electron chi connectivity index (χ0n) is 13.6. The molecule has 1 aliphatic heterocycles. The largest absolute Gasteiger partial charge is 0.350 e. The van der Waals surface area contributed by atoms with E-state index in [4.69, 9.17) is 11.6 Å². The van der Waals surface area contributed by atoms with Gasteiger partial charge in [-0.3, -0.25) is 19.3 Å². The molecule has 1 saturated heterocycles. The fraction of sp³-hybridized carbons (Fsp3) is 0.105. The van der Waals surface area contributed by atoms with Gasteiger partial charge in [-0.05, 0) is 41.6 Å². The molecule has 0 aromatic heterocycles. The van der Waals surface area contributed by atoms with Crippen molar-refractivity contribution in [2.24, 2.45) is 0 Å². The molecule has 5 nitrogen and oxygen atoms in total. The van der Waals surface area contributed by atoms with Crippen LogP contribution in [0.15, 0.2) is 59.5 Å². The van der Waals surface area contributed by atoms with E-state index in [0.717, 1.165) is 22.2 Å². The quantitative estimate of drug-likeness (QED) is 0.793. The van der Waals surface area contributed by atoms with Crippen LogP contribution in [0.25, 0.3) is 6.08 Å². The van der Waals surface area contributed by atoms with Gasteiger partial charge in [-0.15, -0.1) is 0 Å². The van der Waals surface area contributed by atoms with Crippen LogP contribution < -0.4 is 5.32 Å². The van der Waals surface area contributed by atoms with Crippen molar-refractivity contribution in [1.29, 1.82) is 0 Å². The number of carbonyl (C=O) groups is 3. The Kier molecular flexibility index (Phi) is 5.75. The van der Waals surface area contributed by atoms with Gasteiger partial charge in [0, 0.05) is 23.7 Å². The monoisotopic (exact) mass is 386 g/mol. The molecular weight excluding hydrogens is 372 g/mol. The molecule has 0 atom stereocenters. The van der Waals surface area contributed by atoms with Crippen molar-refractivity contribution in [3.63, 3.8) is 0 Å². The molecule has 0 saturated carbocycles. The molecule has 3 amide bonds. The highest BCUT2D eigenvalue weighted by atomic mass is 35.5. The molecule has 0 unspecified atom stereocenters. The SMILES string of the molecule is O=C(NCCN1C(=O)S/C(=C/c2ccccc2)C1=O)c1cccc(Cl)c1. The minimum atomic E-state index is -0.346. The summed E-state index contributed by atoms with van der Waals surface area (Å²) in [6, 6.07) is 15.9. The molecule has 0 radical (unpaired) electrons. The third-order valence-corrected chi connectivity index (χ3v) is 4.82. The number of nitrogens with one attached hydrogen (secondary N) is 1. The van der Waals surface area contributed by atoms with Crippen molar-refractivity contribution < 1.29 is 14.4 Å². The number of nitrogens with zero attached hydrogens (tertiary/aromatic N) is 1. The van der Waals surface area contributed by atoms with Crippen LogP contribution in [-0.4, -0.2) is 35.0 Å². The number of rotatable bonds is 5. The van der Waals surface area contributed by atoms with Crippen molar-refractivity contribution in [3.8, 4) is 0 Å². The lowest BCUT2D eigenvalue weighted by molar-refractivity contribution is -0.122. The van der Waals surface area contributed by atoms with E-state index < -0.39 is 0 Å². The number of carbonyl (C=O) groups excluding carboxylic acids is 3. The Labute approximate surface area is 160 Å². The van der Waals surface area contributed by atoms with E-state index in [1.165, 1.54) is 0 Å². The summed E-state index contributed by atoms with van der Waals surface area (Å²) in [6.07, 6.45) is 1.69. The first-order valence-corrected chi connectivity index (χ1v) is 9.08. The maximum Gasteiger partial charge on any atom is 0.293 e. The van der Waals surface area contributed by atoms with E-state index >= 15 is 0 Å². The Bertz CT molecular complexity index is 883. The van der Waals surface area contributed by atoms with Gasteiger partial charge in [0.05, 0.1) is 4.91 Å². The maximum absolute atomic E-state index is 12.4. The number of amides is 3. The summed E-state index contributed by atoms with van der Waals surface area (Å²) in [7, 11) is 0. The van der Waals surface area contributed by atoms with Gasteiger partial charge >= 0.3 is 0 Å². The van der Waals surface area contributed by atoms with Gasteiger partial charge in [0.2, 0.25) is 0 Å². The Balaban J connectivity index is 1.58. The lowest BCUT2D eigenvalue weighted by Crippen LogP contribution is -2.37. The Morgan fingerprint density at radius 1 is 1.12 bits per heavy atom. The zero-order chi connectivity index (χ0) is 18.5. The predicted octanol–water partition coefficient (Wildman–Crippen LogP) is 3.81. The van der Waals surface area contributed by atoms with Gasteiger partial charge in [0.15, 0.2) is 0 Å². The number of halogens is 1. The minimum Gasteiger partial charge on any atom is -0.350 e.